The molecule has 120 valence electrons. The molecule has 0 radical (unpaired) electrons. The number of ether oxygens (including phenoxy) is 1. The summed E-state index contributed by atoms with van der Waals surface area (Å²) in [6, 6.07) is 4.04. The molecule has 1 N–H and O–H groups in total. The number of esters is 1. The predicted octanol–water partition coefficient (Wildman–Crippen LogP) is 2.36. The number of carbonyl (C=O) groups is 2. The topological polar surface area (TPSA) is 98.5 Å². The maximum atomic E-state index is 12.0. The van der Waals surface area contributed by atoms with Gasteiger partial charge in [-0.2, -0.15) is 0 Å². The fourth-order valence-electron chi connectivity index (χ4n) is 1.69. The average Bonchev–Trinajstić information content (AvgIpc) is 2.36. The lowest BCUT2D eigenvalue weighted by Gasteiger charge is -2.23. The molecule has 0 saturated heterocycles. The Balaban J connectivity index is 2.83. The van der Waals surface area contributed by atoms with Crippen molar-refractivity contribution in [3.63, 3.8) is 0 Å². The number of hydrogen-bond acceptors (Lipinski definition) is 5. The van der Waals surface area contributed by atoms with Crippen LogP contribution in [0, 0.1) is 17.0 Å². The first-order valence-corrected chi connectivity index (χ1v) is 6.79. The van der Waals surface area contributed by atoms with Crippen molar-refractivity contribution in [1.82, 2.24) is 5.32 Å². The lowest BCUT2D eigenvalue weighted by atomic mass is 10.1. The molecule has 0 bridgehead atoms. The van der Waals surface area contributed by atoms with E-state index in [2.05, 4.69) is 5.32 Å². The smallest absolute Gasteiger partial charge is 0.339 e. The lowest BCUT2D eigenvalue weighted by molar-refractivity contribution is -0.385. The molecular weight excluding hydrogens is 288 g/mol. The molecule has 1 rings (SSSR count). The molecule has 0 unspecified atom stereocenters. The van der Waals surface area contributed by atoms with Gasteiger partial charge in [0.15, 0.2) is 6.10 Å². The van der Waals surface area contributed by atoms with E-state index in [9.17, 15) is 19.7 Å². The highest BCUT2D eigenvalue weighted by Crippen LogP contribution is 2.20. The van der Waals surface area contributed by atoms with Gasteiger partial charge in [0, 0.05) is 17.2 Å². The second-order valence-electron chi connectivity index (χ2n) is 6.05. The molecule has 0 spiro atoms. The first kappa shape index (κ1) is 17.6. The van der Waals surface area contributed by atoms with Crippen LogP contribution < -0.4 is 5.32 Å². The summed E-state index contributed by atoms with van der Waals surface area (Å²) in [5.74, 6) is -1.21. The van der Waals surface area contributed by atoms with Crippen molar-refractivity contribution in [2.24, 2.45) is 0 Å². The fraction of sp³-hybridized carbons (Fsp3) is 0.467. The number of nitrogens with one attached hydrogen (secondary N) is 1. The SMILES string of the molecule is Cc1ccc(C(=O)O[C@H](C)C(=O)NC(C)(C)C)cc1[N+](=O)[O-]. The van der Waals surface area contributed by atoms with E-state index in [1.54, 1.807) is 6.92 Å². The Labute approximate surface area is 128 Å². The van der Waals surface area contributed by atoms with Crippen LogP contribution in [0.4, 0.5) is 5.69 Å². The van der Waals surface area contributed by atoms with Crippen molar-refractivity contribution in [1.29, 1.82) is 0 Å². The third-order valence-corrected chi connectivity index (χ3v) is 2.79. The van der Waals surface area contributed by atoms with Crippen molar-refractivity contribution >= 4 is 17.6 Å². The van der Waals surface area contributed by atoms with Crippen molar-refractivity contribution in [3.8, 4) is 0 Å². The van der Waals surface area contributed by atoms with Crippen LogP contribution in [-0.4, -0.2) is 28.4 Å². The van der Waals surface area contributed by atoms with Gasteiger partial charge in [-0.1, -0.05) is 6.07 Å². The summed E-state index contributed by atoms with van der Waals surface area (Å²) in [5, 5.41) is 13.6. The van der Waals surface area contributed by atoms with Crippen molar-refractivity contribution in [3.05, 3.63) is 39.4 Å². The zero-order chi connectivity index (χ0) is 17.1. The Morgan fingerprint density at radius 2 is 1.91 bits per heavy atom. The second-order valence-corrected chi connectivity index (χ2v) is 6.05. The standard InChI is InChI=1S/C15H20N2O5/c1-9-6-7-11(8-12(9)17(20)21)14(19)22-10(2)13(18)16-15(3,4)5/h6-8,10H,1-5H3,(H,16,18)/t10-/m1/s1. The maximum absolute atomic E-state index is 12.0. The van der Waals surface area contributed by atoms with Gasteiger partial charge in [0.1, 0.15) is 0 Å². The van der Waals surface area contributed by atoms with Crippen LogP contribution in [0.2, 0.25) is 0 Å². The normalized spacial score (nSPS) is 12.4. The highest BCUT2D eigenvalue weighted by molar-refractivity contribution is 5.93. The summed E-state index contributed by atoms with van der Waals surface area (Å²) in [4.78, 5) is 34.2. The molecule has 0 aromatic heterocycles. The van der Waals surface area contributed by atoms with Gasteiger partial charge < -0.3 is 10.1 Å². The maximum Gasteiger partial charge on any atom is 0.339 e. The second kappa shape index (κ2) is 6.55. The van der Waals surface area contributed by atoms with E-state index in [4.69, 9.17) is 4.74 Å². The van der Waals surface area contributed by atoms with Gasteiger partial charge in [-0.3, -0.25) is 14.9 Å². The molecule has 0 aliphatic carbocycles. The molecule has 1 aromatic carbocycles. The van der Waals surface area contributed by atoms with E-state index in [1.165, 1.54) is 19.1 Å². The summed E-state index contributed by atoms with van der Waals surface area (Å²) in [7, 11) is 0. The molecule has 0 saturated carbocycles. The first-order chi connectivity index (χ1) is 10.0. The molecule has 7 nitrogen and oxygen atoms in total. The molecule has 0 heterocycles. The third kappa shape index (κ3) is 4.83. The van der Waals surface area contributed by atoms with E-state index in [-0.39, 0.29) is 11.3 Å². The molecule has 7 heteroatoms. The number of carbonyl (C=O) groups excluding carboxylic acids is 2. The van der Waals surface area contributed by atoms with Gasteiger partial charge in [-0.15, -0.1) is 0 Å². The van der Waals surface area contributed by atoms with Gasteiger partial charge >= 0.3 is 5.97 Å². The quantitative estimate of drug-likeness (QED) is 0.523. The Morgan fingerprint density at radius 3 is 2.41 bits per heavy atom. The molecule has 0 aliphatic heterocycles. The Bertz CT molecular complexity index is 604. The number of rotatable bonds is 4. The van der Waals surface area contributed by atoms with E-state index in [0.29, 0.717) is 5.56 Å². The van der Waals surface area contributed by atoms with Crippen LogP contribution in [0.1, 0.15) is 43.6 Å². The molecule has 1 atom stereocenters. The van der Waals surface area contributed by atoms with Crippen LogP contribution in [0.5, 0.6) is 0 Å². The van der Waals surface area contributed by atoms with Gasteiger partial charge in [-0.05, 0) is 40.7 Å². The van der Waals surface area contributed by atoms with Crippen LogP contribution in [-0.2, 0) is 9.53 Å². The van der Waals surface area contributed by atoms with Gasteiger partial charge in [0.2, 0.25) is 0 Å². The third-order valence-electron chi connectivity index (χ3n) is 2.79. The largest absolute Gasteiger partial charge is 0.449 e. The Kier molecular flexibility index (Phi) is 5.24. The number of amides is 1. The summed E-state index contributed by atoms with van der Waals surface area (Å²) in [5.41, 5.74) is -0.130. The number of nitro benzene ring substituents is 1. The average molecular weight is 308 g/mol. The Morgan fingerprint density at radius 1 is 1.32 bits per heavy atom. The minimum atomic E-state index is -0.993. The molecule has 22 heavy (non-hydrogen) atoms. The monoisotopic (exact) mass is 308 g/mol. The van der Waals surface area contributed by atoms with Crippen LogP contribution in [0.25, 0.3) is 0 Å². The van der Waals surface area contributed by atoms with Gasteiger partial charge in [0.25, 0.3) is 11.6 Å². The minimum Gasteiger partial charge on any atom is -0.449 e. The molecule has 0 fully saturated rings. The van der Waals surface area contributed by atoms with Crippen molar-refractivity contribution in [2.75, 3.05) is 0 Å². The number of nitrogens with zero attached hydrogens (tertiary/aromatic N) is 1. The number of hydrogen-bond donors (Lipinski definition) is 1. The Hall–Kier alpha value is -2.44. The minimum absolute atomic E-state index is 0.0349. The van der Waals surface area contributed by atoms with E-state index < -0.39 is 28.4 Å². The molecule has 1 aromatic rings. The van der Waals surface area contributed by atoms with Crippen molar-refractivity contribution < 1.29 is 19.2 Å². The molecule has 1 amide bonds. The summed E-state index contributed by atoms with van der Waals surface area (Å²) in [6.07, 6.45) is -0.993. The lowest BCUT2D eigenvalue weighted by Crippen LogP contribution is -2.46. The van der Waals surface area contributed by atoms with E-state index in [1.807, 2.05) is 20.8 Å². The highest BCUT2D eigenvalue weighted by Gasteiger charge is 2.24. The van der Waals surface area contributed by atoms with Gasteiger partial charge in [0.05, 0.1) is 10.5 Å². The fourth-order valence-corrected chi connectivity index (χ4v) is 1.69. The number of nitro groups is 1. The predicted molar refractivity (Wildman–Crippen MR) is 80.6 cm³/mol. The number of benzene rings is 1. The van der Waals surface area contributed by atoms with Crippen LogP contribution in [0.3, 0.4) is 0 Å². The summed E-state index contributed by atoms with van der Waals surface area (Å²) >= 11 is 0. The molecule has 0 aliphatic rings. The zero-order valence-corrected chi connectivity index (χ0v) is 13.3. The first-order valence-electron chi connectivity index (χ1n) is 6.79. The van der Waals surface area contributed by atoms with Crippen molar-refractivity contribution in [2.45, 2.75) is 46.3 Å². The van der Waals surface area contributed by atoms with E-state index >= 15 is 0 Å². The van der Waals surface area contributed by atoms with Crippen LogP contribution >= 0.6 is 0 Å². The summed E-state index contributed by atoms with van der Waals surface area (Å²) < 4.78 is 5.05. The zero-order valence-electron chi connectivity index (χ0n) is 13.3. The van der Waals surface area contributed by atoms with Gasteiger partial charge in [-0.25, -0.2) is 4.79 Å². The summed E-state index contributed by atoms with van der Waals surface area (Å²) in [6.45, 7) is 8.45. The van der Waals surface area contributed by atoms with Crippen LogP contribution in [0.15, 0.2) is 18.2 Å². The molecular formula is C15H20N2O5. The van der Waals surface area contributed by atoms with E-state index in [0.717, 1.165) is 6.07 Å². The highest BCUT2D eigenvalue weighted by atomic mass is 16.6. The number of aryl methyl sites for hydroxylation is 1.